The minimum atomic E-state index is -0.0838. The number of rotatable bonds is 18. The quantitative estimate of drug-likeness (QED) is 0.129. The maximum absolute atomic E-state index is 12.1. The summed E-state index contributed by atoms with van der Waals surface area (Å²) in [5.41, 5.74) is 6.99. The van der Waals surface area contributed by atoms with Crippen molar-refractivity contribution in [1.29, 1.82) is 0 Å². The summed E-state index contributed by atoms with van der Waals surface area (Å²) < 4.78 is 0. The molecule has 1 amide bonds. The molecule has 0 radical (unpaired) electrons. The van der Waals surface area contributed by atoms with Crippen LogP contribution in [0.4, 0.5) is 0 Å². The van der Waals surface area contributed by atoms with E-state index in [4.69, 9.17) is 5.73 Å². The van der Waals surface area contributed by atoms with Crippen LogP contribution in [-0.2, 0) is 11.2 Å². The molecule has 2 rings (SSSR count). The monoisotopic (exact) mass is 464 g/mol. The Morgan fingerprint density at radius 3 is 2.36 bits per heavy atom. The van der Waals surface area contributed by atoms with E-state index in [1.165, 1.54) is 10.1 Å². The van der Waals surface area contributed by atoms with E-state index in [2.05, 4.69) is 15.6 Å². The second-order valence-electron chi connectivity index (χ2n) is 8.27. The number of carbonyl (C=O) groups excluding carboxylic acids is 1. The average Bonchev–Trinajstić information content (AvgIpc) is 3.19. The van der Waals surface area contributed by atoms with Gasteiger partial charge in [-0.3, -0.25) is 4.79 Å². The van der Waals surface area contributed by atoms with Crippen molar-refractivity contribution in [2.24, 2.45) is 5.73 Å². The number of carbonyl (C=O) groups is 1. The molecule has 33 heavy (non-hydrogen) atoms. The number of aromatic nitrogens is 1. The maximum Gasteiger partial charge on any atom is 0.225 e. The van der Waals surface area contributed by atoms with Gasteiger partial charge in [-0.05, 0) is 69.9 Å². The highest BCUT2D eigenvalue weighted by molar-refractivity contribution is 5.88. The Morgan fingerprint density at radius 2 is 1.64 bits per heavy atom. The Hall–Kier alpha value is -2.21. The molecule has 0 aliphatic rings. The standard InChI is InChI=1S/C23H40N6O4/c24-9-4-10-25-11-5-14-29(33)16-6-15-28(32)13-2-1-12-26-23(31)18-19-17-20-21(27-19)7-3-8-22(20)30/h3,7-8,17,25,27,30,32-33H,1-2,4-6,9-16,18,24H2,(H,26,31). The Kier molecular flexibility index (Phi) is 12.8. The highest BCUT2D eigenvalue weighted by atomic mass is 16.5. The number of hydrogen-bond donors (Lipinski definition) is 7. The van der Waals surface area contributed by atoms with Crippen LogP contribution in [0.1, 0.15) is 37.8 Å². The summed E-state index contributed by atoms with van der Waals surface area (Å²) in [5.74, 6) is 0.113. The molecule has 10 heteroatoms. The van der Waals surface area contributed by atoms with Gasteiger partial charge in [-0.1, -0.05) is 6.07 Å². The van der Waals surface area contributed by atoms with Crippen molar-refractivity contribution in [2.75, 3.05) is 52.4 Å². The van der Waals surface area contributed by atoms with E-state index in [1.807, 2.05) is 6.07 Å². The highest BCUT2D eigenvalue weighted by Gasteiger charge is 2.09. The first kappa shape index (κ1) is 27.0. The molecule has 0 atom stereocenters. The van der Waals surface area contributed by atoms with Gasteiger partial charge < -0.3 is 36.9 Å². The van der Waals surface area contributed by atoms with Gasteiger partial charge in [0.1, 0.15) is 5.75 Å². The molecule has 0 spiro atoms. The molecule has 0 saturated heterocycles. The molecule has 0 aliphatic carbocycles. The SMILES string of the molecule is NCCCNCCCN(O)CCCN(O)CCCCNC(=O)Cc1cc2c(O)cccc2[nH]1. The van der Waals surface area contributed by atoms with E-state index < -0.39 is 0 Å². The number of nitrogens with zero attached hydrogens (tertiary/aromatic N) is 2. The van der Waals surface area contributed by atoms with E-state index >= 15 is 0 Å². The van der Waals surface area contributed by atoms with Crippen LogP contribution < -0.4 is 16.4 Å². The number of phenols is 1. The normalized spacial score (nSPS) is 11.7. The van der Waals surface area contributed by atoms with Crippen molar-refractivity contribution in [3.05, 3.63) is 30.0 Å². The molecule has 186 valence electrons. The summed E-state index contributed by atoms with van der Waals surface area (Å²) >= 11 is 0. The molecule has 0 saturated carbocycles. The molecule has 1 aromatic heterocycles. The van der Waals surface area contributed by atoms with Gasteiger partial charge in [0, 0.05) is 49.3 Å². The lowest BCUT2D eigenvalue weighted by atomic mass is 10.2. The lowest BCUT2D eigenvalue weighted by Crippen LogP contribution is -2.30. The summed E-state index contributed by atoms with van der Waals surface area (Å²) in [4.78, 5) is 15.3. The number of benzene rings is 1. The van der Waals surface area contributed by atoms with Crippen molar-refractivity contribution in [2.45, 2.75) is 38.5 Å². The van der Waals surface area contributed by atoms with Gasteiger partial charge in [0.05, 0.1) is 6.42 Å². The first-order chi connectivity index (χ1) is 16.0. The smallest absolute Gasteiger partial charge is 0.225 e. The minimum absolute atomic E-state index is 0.0838. The number of fused-ring (bicyclic) bond motifs is 1. The average molecular weight is 465 g/mol. The molecule has 1 aromatic carbocycles. The molecule has 8 N–H and O–H groups in total. The highest BCUT2D eigenvalue weighted by Crippen LogP contribution is 2.24. The summed E-state index contributed by atoms with van der Waals surface area (Å²) in [6.07, 6.45) is 4.23. The molecular weight excluding hydrogens is 424 g/mol. The zero-order chi connectivity index (χ0) is 23.9. The van der Waals surface area contributed by atoms with Gasteiger partial charge in [0.15, 0.2) is 0 Å². The third-order valence-corrected chi connectivity index (χ3v) is 5.37. The van der Waals surface area contributed by atoms with Gasteiger partial charge in [0.25, 0.3) is 0 Å². The third kappa shape index (κ3) is 11.0. The Morgan fingerprint density at radius 1 is 0.939 bits per heavy atom. The van der Waals surface area contributed by atoms with E-state index in [9.17, 15) is 20.3 Å². The van der Waals surface area contributed by atoms with Crippen LogP contribution >= 0.6 is 0 Å². The fourth-order valence-electron chi connectivity index (χ4n) is 3.57. The van der Waals surface area contributed by atoms with E-state index in [0.29, 0.717) is 51.1 Å². The van der Waals surface area contributed by atoms with Crippen molar-refractivity contribution in [3.63, 3.8) is 0 Å². The van der Waals surface area contributed by atoms with E-state index in [1.54, 1.807) is 18.2 Å². The summed E-state index contributed by atoms with van der Waals surface area (Å²) in [6.45, 7) is 5.11. The summed E-state index contributed by atoms with van der Waals surface area (Å²) in [5, 5.41) is 39.1. The topological polar surface area (TPSA) is 150 Å². The molecule has 10 nitrogen and oxygen atoms in total. The zero-order valence-electron chi connectivity index (χ0n) is 19.4. The van der Waals surface area contributed by atoms with E-state index in [0.717, 1.165) is 50.0 Å². The number of nitrogens with one attached hydrogen (secondary N) is 3. The summed E-state index contributed by atoms with van der Waals surface area (Å²) in [7, 11) is 0. The van der Waals surface area contributed by atoms with Gasteiger partial charge in [0.2, 0.25) is 5.91 Å². The molecule has 0 fully saturated rings. The Labute approximate surface area is 195 Å². The fourth-order valence-corrected chi connectivity index (χ4v) is 3.57. The van der Waals surface area contributed by atoms with Gasteiger partial charge in [-0.2, -0.15) is 10.1 Å². The lowest BCUT2D eigenvalue weighted by Gasteiger charge is -2.18. The number of aromatic hydroxyl groups is 1. The van der Waals surface area contributed by atoms with Crippen molar-refractivity contribution >= 4 is 16.8 Å². The van der Waals surface area contributed by atoms with Crippen LogP contribution in [-0.4, -0.2) is 88.9 Å². The molecule has 0 unspecified atom stereocenters. The predicted molar refractivity (Wildman–Crippen MR) is 128 cm³/mol. The minimum Gasteiger partial charge on any atom is -0.507 e. The predicted octanol–water partition coefficient (Wildman–Crippen LogP) is 1.41. The number of H-pyrrole nitrogens is 1. The van der Waals surface area contributed by atoms with Crippen LogP contribution in [0.2, 0.25) is 0 Å². The second-order valence-corrected chi connectivity index (χ2v) is 8.27. The van der Waals surface area contributed by atoms with Crippen LogP contribution in [0, 0.1) is 0 Å². The van der Waals surface area contributed by atoms with Crippen LogP contribution in [0.3, 0.4) is 0 Å². The molecule has 0 bridgehead atoms. The third-order valence-electron chi connectivity index (χ3n) is 5.37. The molecule has 0 aliphatic heterocycles. The lowest BCUT2D eigenvalue weighted by molar-refractivity contribution is -0.120. The van der Waals surface area contributed by atoms with Crippen molar-refractivity contribution < 1.29 is 20.3 Å². The fraction of sp³-hybridized carbons (Fsp3) is 0.609. The first-order valence-electron chi connectivity index (χ1n) is 11.8. The number of hydrogen-bond acceptors (Lipinski definition) is 8. The molecule has 2 aromatic rings. The van der Waals surface area contributed by atoms with E-state index in [-0.39, 0.29) is 18.1 Å². The van der Waals surface area contributed by atoms with Crippen LogP contribution in [0.15, 0.2) is 24.3 Å². The summed E-state index contributed by atoms with van der Waals surface area (Å²) in [6, 6.07) is 7.03. The number of unbranched alkanes of at least 4 members (excludes halogenated alkanes) is 1. The number of nitrogens with two attached hydrogens (primary N) is 1. The molecular formula is C23H40N6O4. The largest absolute Gasteiger partial charge is 0.507 e. The maximum atomic E-state index is 12.1. The van der Waals surface area contributed by atoms with Crippen LogP contribution in [0.25, 0.3) is 10.9 Å². The number of phenolic OH excluding ortho intramolecular Hbond substituents is 1. The number of hydroxylamine groups is 4. The number of aromatic amines is 1. The Bertz CT molecular complexity index is 815. The zero-order valence-corrected chi connectivity index (χ0v) is 19.4. The second kappa shape index (κ2) is 15.6. The van der Waals surface area contributed by atoms with Gasteiger partial charge in [-0.25, -0.2) is 0 Å². The van der Waals surface area contributed by atoms with Crippen LogP contribution in [0.5, 0.6) is 5.75 Å². The van der Waals surface area contributed by atoms with Gasteiger partial charge >= 0.3 is 0 Å². The van der Waals surface area contributed by atoms with Gasteiger partial charge in [-0.15, -0.1) is 0 Å². The Balaban J connectivity index is 1.46. The van der Waals surface area contributed by atoms with Crippen molar-refractivity contribution in [3.8, 4) is 5.75 Å². The van der Waals surface area contributed by atoms with Crippen molar-refractivity contribution in [1.82, 2.24) is 25.7 Å². The number of amides is 1. The first-order valence-corrected chi connectivity index (χ1v) is 11.8. The molecule has 1 heterocycles.